The molecule has 2 amide bonds. The van der Waals surface area contributed by atoms with E-state index >= 15 is 0 Å². The van der Waals surface area contributed by atoms with E-state index in [4.69, 9.17) is 4.74 Å². The van der Waals surface area contributed by atoms with Crippen LogP contribution in [-0.4, -0.2) is 50.6 Å². The Labute approximate surface area is 118 Å². The molecule has 1 N–H and O–H groups in total. The molecule has 0 fully saturated rings. The first kappa shape index (κ1) is 15.5. The minimum Gasteiger partial charge on any atom is -0.383 e. The van der Waals surface area contributed by atoms with E-state index in [0.29, 0.717) is 23.6 Å². The minimum absolute atomic E-state index is 0.00462. The Kier molecular flexibility index (Phi) is 6.38. The molecule has 6 heteroatoms. The topological polar surface area (TPSA) is 58.6 Å². The predicted molar refractivity (Wildman–Crippen MR) is 75.5 cm³/mol. The van der Waals surface area contributed by atoms with Gasteiger partial charge in [-0.15, -0.1) is 12.6 Å². The Morgan fingerprint density at radius 1 is 1.37 bits per heavy atom. The molecule has 5 nitrogen and oxygen atoms in total. The van der Waals surface area contributed by atoms with Gasteiger partial charge in [-0.1, -0.05) is 12.1 Å². The molecule has 0 aliphatic heterocycles. The molecular weight excluding hydrogens is 264 g/mol. The van der Waals surface area contributed by atoms with Crippen LogP contribution in [-0.2, 0) is 9.53 Å². The highest BCUT2D eigenvalue weighted by Gasteiger charge is 2.16. The van der Waals surface area contributed by atoms with Crippen LogP contribution < -0.4 is 5.32 Å². The van der Waals surface area contributed by atoms with E-state index in [0.717, 1.165) is 0 Å². The molecule has 1 aromatic rings. The number of nitrogens with zero attached hydrogens (tertiary/aromatic N) is 1. The molecule has 0 spiro atoms. The van der Waals surface area contributed by atoms with Gasteiger partial charge in [-0.2, -0.15) is 0 Å². The van der Waals surface area contributed by atoms with Gasteiger partial charge >= 0.3 is 0 Å². The number of methoxy groups -OCH3 is 1. The molecule has 0 atom stereocenters. The summed E-state index contributed by atoms with van der Waals surface area (Å²) in [5.74, 6) is -0.447. The molecule has 0 unspecified atom stereocenters. The fourth-order valence-electron chi connectivity index (χ4n) is 1.50. The Morgan fingerprint density at radius 2 is 2.05 bits per heavy atom. The number of nitrogens with one attached hydrogen (secondary N) is 1. The SMILES string of the molecule is COCCNC(=O)CN(C)C(=O)c1ccccc1S. The molecule has 0 aliphatic rings. The molecule has 0 aromatic heterocycles. The largest absolute Gasteiger partial charge is 0.383 e. The van der Waals surface area contributed by atoms with Crippen molar-refractivity contribution in [3.8, 4) is 0 Å². The first-order chi connectivity index (χ1) is 9.06. The van der Waals surface area contributed by atoms with Crippen LogP contribution in [0.15, 0.2) is 29.2 Å². The zero-order valence-corrected chi connectivity index (χ0v) is 11.9. The Bertz CT molecular complexity index is 451. The van der Waals surface area contributed by atoms with E-state index in [-0.39, 0.29) is 18.4 Å². The van der Waals surface area contributed by atoms with Gasteiger partial charge in [-0.25, -0.2) is 0 Å². The summed E-state index contributed by atoms with van der Waals surface area (Å²) >= 11 is 4.23. The van der Waals surface area contributed by atoms with Gasteiger partial charge in [0.2, 0.25) is 5.91 Å². The number of carbonyl (C=O) groups is 2. The molecule has 0 aliphatic carbocycles. The monoisotopic (exact) mass is 282 g/mol. The van der Waals surface area contributed by atoms with Crippen molar-refractivity contribution in [2.45, 2.75) is 4.90 Å². The molecule has 1 aromatic carbocycles. The van der Waals surface area contributed by atoms with Gasteiger partial charge in [-0.05, 0) is 12.1 Å². The Morgan fingerprint density at radius 3 is 2.68 bits per heavy atom. The first-order valence-corrected chi connectivity index (χ1v) is 6.30. The standard InChI is InChI=1S/C13H18N2O3S/c1-15(9-12(16)14-7-8-18-2)13(17)10-5-3-4-6-11(10)19/h3-6,19H,7-9H2,1-2H3,(H,14,16). The number of benzene rings is 1. The number of ether oxygens (including phenoxy) is 1. The van der Waals surface area contributed by atoms with Crippen LogP contribution in [0, 0.1) is 0 Å². The predicted octanol–water partition coefficient (Wildman–Crippen LogP) is 0.810. The number of hydrogen-bond acceptors (Lipinski definition) is 4. The lowest BCUT2D eigenvalue weighted by molar-refractivity contribution is -0.121. The van der Waals surface area contributed by atoms with Crippen molar-refractivity contribution in [2.75, 3.05) is 33.9 Å². The lowest BCUT2D eigenvalue weighted by Gasteiger charge is -2.17. The quantitative estimate of drug-likeness (QED) is 0.599. The summed E-state index contributed by atoms with van der Waals surface area (Å²) in [6.07, 6.45) is 0. The second-order valence-electron chi connectivity index (χ2n) is 4.02. The van der Waals surface area contributed by atoms with E-state index in [1.54, 1.807) is 38.4 Å². The lowest BCUT2D eigenvalue weighted by Crippen LogP contribution is -2.39. The second kappa shape index (κ2) is 7.81. The van der Waals surface area contributed by atoms with E-state index in [2.05, 4.69) is 17.9 Å². The summed E-state index contributed by atoms with van der Waals surface area (Å²) in [5.41, 5.74) is 0.484. The number of rotatable bonds is 6. The van der Waals surface area contributed by atoms with Crippen molar-refractivity contribution in [1.29, 1.82) is 0 Å². The molecule has 0 bridgehead atoms. The van der Waals surface area contributed by atoms with Gasteiger partial charge in [0, 0.05) is 25.6 Å². The maximum absolute atomic E-state index is 12.1. The number of thiol groups is 1. The summed E-state index contributed by atoms with van der Waals surface area (Å²) in [4.78, 5) is 25.6. The fraction of sp³-hybridized carbons (Fsp3) is 0.385. The van der Waals surface area contributed by atoms with Crippen LogP contribution in [0.4, 0.5) is 0 Å². The average molecular weight is 282 g/mol. The molecule has 104 valence electrons. The van der Waals surface area contributed by atoms with Gasteiger partial charge in [0.25, 0.3) is 5.91 Å². The number of carbonyl (C=O) groups excluding carboxylic acids is 2. The summed E-state index contributed by atoms with van der Waals surface area (Å²) < 4.78 is 4.82. The van der Waals surface area contributed by atoms with Gasteiger partial charge in [-0.3, -0.25) is 9.59 Å². The maximum Gasteiger partial charge on any atom is 0.255 e. The van der Waals surface area contributed by atoms with Crippen molar-refractivity contribution in [1.82, 2.24) is 10.2 Å². The maximum atomic E-state index is 12.1. The van der Waals surface area contributed by atoms with Crippen molar-refractivity contribution in [3.05, 3.63) is 29.8 Å². The molecule has 19 heavy (non-hydrogen) atoms. The van der Waals surface area contributed by atoms with Crippen LogP contribution >= 0.6 is 12.6 Å². The van der Waals surface area contributed by atoms with Crippen molar-refractivity contribution in [2.24, 2.45) is 0 Å². The van der Waals surface area contributed by atoms with E-state index in [9.17, 15) is 9.59 Å². The van der Waals surface area contributed by atoms with E-state index in [1.807, 2.05) is 0 Å². The third-order valence-electron chi connectivity index (χ3n) is 2.49. The number of hydrogen-bond donors (Lipinski definition) is 2. The third kappa shape index (κ3) is 4.92. The van der Waals surface area contributed by atoms with Crippen LogP contribution in [0.2, 0.25) is 0 Å². The minimum atomic E-state index is -0.229. The van der Waals surface area contributed by atoms with Crippen molar-refractivity contribution < 1.29 is 14.3 Å². The average Bonchev–Trinajstić information content (AvgIpc) is 2.38. The Balaban J connectivity index is 2.54. The summed E-state index contributed by atoms with van der Waals surface area (Å²) in [6, 6.07) is 6.99. The molecule has 1 rings (SSSR count). The van der Waals surface area contributed by atoms with Gasteiger partial charge in [0.15, 0.2) is 0 Å². The normalized spacial score (nSPS) is 10.1. The zero-order chi connectivity index (χ0) is 14.3. The van der Waals surface area contributed by atoms with Crippen molar-refractivity contribution in [3.63, 3.8) is 0 Å². The number of likely N-dealkylation sites (N-methyl/N-ethyl adjacent to an activating group) is 1. The summed E-state index contributed by atoms with van der Waals surface area (Å²) in [5, 5.41) is 2.66. The Hall–Kier alpha value is -1.53. The van der Waals surface area contributed by atoms with Crippen LogP contribution in [0.25, 0.3) is 0 Å². The van der Waals surface area contributed by atoms with E-state index < -0.39 is 0 Å². The number of amides is 2. The first-order valence-electron chi connectivity index (χ1n) is 5.85. The highest BCUT2D eigenvalue weighted by Crippen LogP contribution is 2.14. The van der Waals surface area contributed by atoms with Gasteiger partial charge in [0.1, 0.15) is 0 Å². The molecule has 0 saturated heterocycles. The van der Waals surface area contributed by atoms with Crippen molar-refractivity contribution >= 4 is 24.4 Å². The zero-order valence-electron chi connectivity index (χ0n) is 11.0. The van der Waals surface area contributed by atoms with Gasteiger partial charge in [0.05, 0.1) is 18.7 Å². The summed E-state index contributed by atoms with van der Waals surface area (Å²) in [6.45, 7) is 0.883. The van der Waals surface area contributed by atoms with Crippen LogP contribution in [0.5, 0.6) is 0 Å². The van der Waals surface area contributed by atoms with Crippen LogP contribution in [0.3, 0.4) is 0 Å². The second-order valence-corrected chi connectivity index (χ2v) is 4.50. The summed E-state index contributed by atoms with van der Waals surface area (Å²) in [7, 11) is 3.14. The fourth-order valence-corrected chi connectivity index (χ4v) is 1.75. The molecule has 0 radical (unpaired) electrons. The lowest BCUT2D eigenvalue weighted by atomic mass is 10.2. The van der Waals surface area contributed by atoms with E-state index in [1.165, 1.54) is 4.90 Å². The van der Waals surface area contributed by atoms with Gasteiger partial charge < -0.3 is 15.0 Å². The third-order valence-corrected chi connectivity index (χ3v) is 2.88. The molecule has 0 saturated carbocycles. The molecular formula is C13H18N2O3S. The smallest absolute Gasteiger partial charge is 0.255 e. The highest BCUT2D eigenvalue weighted by atomic mass is 32.1. The highest BCUT2D eigenvalue weighted by molar-refractivity contribution is 7.80. The molecule has 0 heterocycles. The van der Waals surface area contributed by atoms with Crippen LogP contribution in [0.1, 0.15) is 10.4 Å².